The quantitative estimate of drug-likeness (QED) is 0.613. The molecule has 1 aliphatic rings. The average Bonchev–Trinajstić information content (AvgIpc) is 2.98. The highest BCUT2D eigenvalue weighted by atomic mass is 19.1. The molecule has 8 nitrogen and oxygen atoms in total. The van der Waals surface area contributed by atoms with Crippen LogP contribution < -0.4 is 4.74 Å². The van der Waals surface area contributed by atoms with Crippen LogP contribution in [0.4, 0.5) is 19.7 Å². The predicted molar refractivity (Wildman–Crippen MR) is 86.2 cm³/mol. The summed E-state index contributed by atoms with van der Waals surface area (Å²) in [5.74, 6) is -0.331. The number of non-ortho nitro benzene ring substituents is 1. The van der Waals surface area contributed by atoms with E-state index >= 15 is 0 Å². The minimum atomic E-state index is -0.950. The number of hydrogen-bond acceptors (Lipinski definition) is 6. The topological polar surface area (TPSA) is 99.0 Å². The van der Waals surface area contributed by atoms with Crippen molar-refractivity contribution in [2.45, 2.75) is 12.5 Å². The van der Waals surface area contributed by atoms with Gasteiger partial charge in [0.15, 0.2) is 0 Å². The number of nitrogens with zero attached hydrogens (tertiary/aromatic N) is 2. The second-order valence-electron chi connectivity index (χ2n) is 5.55. The van der Waals surface area contributed by atoms with Gasteiger partial charge in [-0.15, -0.1) is 0 Å². The van der Waals surface area contributed by atoms with Crippen molar-refractivity contribution >= 4 is 17.9 Å². The van der Waals surface area contributed by atoms with Crippen molar-refractivity contribution in [3.05, 3.63) is 70.0 Å². The summed E-state index contributed by atoms with van der Waals surface area (Å²) in [5, 5.41) is 10.6. The van der Waals surface area contributed by atoms with Crippen molar-refractivity contribution in [2.75, 3.05) is 6.61 Å². The van der Waals surface area contributed by atoms with Gasteiger partial charge in [-0.3, -0.25) is 10.1 Å². The first-order chi connectivity index (χ1) is 12.4. The molecule has 1 saturated heterocycles. The molecular formula is C17H13FN2O6. The van der Waals surface area contributed by atoms with E-state index < -0.39 is 23.2 Å². The van der Waals surface area contributed by atoms with E-state index in [9.17, 15) is 24.1 Å². The van der Waals surface area contributed by atoms with Gasteiger partial charge in [0.2, 0.25) is 0 Å². The van der Waals surface area contributed by atoms with Gasteiger partial charge in [-0.25, -0.2) is 18.9 Å². The van der Waals surface area contributed by atoms with Crippen LogP contribution in [0.15, 0.2) is 48.5 Å². The van der Waals surface area contributed by atoms with E-state index in [1.165, 1.54) is 36.4 Å². The summed E-state index contributed by atoms with van der Waals surface area (Å²) in [4.78, 5) is 35.1. The molecule has 0 N–H and O–H groups in total. The first-order valence-corrected chi connectivity index (χ1v) is 7.61. The molecule has 0 spiro atoms. The van der Waals surface area contributed by atoms with Crippen molar-refractivity contribution < 1.29 is 28.4 Å². The van der Waals surface area contributed by atoms with Crippen LogP contribution >= 0.6 is 0 Å². The van der Waals surface area contributed by atoms with Gasteiger partial charge in [-0.1, -0.05) is 12.1 Å². The van der Waals surface area contributed by atoms with Gasteiger partial charge < -0.3 is 9.47 Å². The molecule has 1 fully saturated rings. The molecule has 0 saturated carbocycles. The summed E-state index contributed by atoms with van der Waals surface area (Å²) in [6.07, 6.45) is -1.51. The monoisotopic (exact) mass is 360 g/mol. The summed E-state index contributed by atoms with van der Waals surface area (Å²) >= 11 is 0. The number of nitro groups is 1. The molecule has 2 amide bonds. The Morgan fingerprint density at radius 2 is 1.88 bits per heavy atom. The number of carbonyl (C=O) groups excluding carboxylic acids is 2. The molecule has 1 heterocycles. The molecule has 3 rings (SSSR count). The first kappa shape index (κ1) is 17.3. The third-order valence-electron chi connectivity index (χ3n) is 3.80. The van der Waals surface area contributed by atoms with Crippen LogP contribution in [0.25, 0.3) is 0 Å². The molecule has 0 aromatic heterocycles. The Morgan fingerprint density at radius 3 is 2.50 bits per heavy atom. The zero-order valence-corrected chi connectivity index (χ0v) is 13.3. The third-order valence-corrected chi connectivity index (χ3v) is 3.80. The average molecular weight is 360 g/mol. The highest BCUT2D eigenvalue weighted by Crippen LogP contribution is 2.22. The predicted octanol–water partition coefficient (Wildman–Crippen LogP) is 3.30. The number of cyclic esters (lactones) is 1. The number of imide groups is 1. The summed E-state index contributed by atoms with van der Waals surface area (Å²) in [6, 6.07) is 9.95. The molecule has 1 unspecified atom stereocenters. The Labute approximate surface area is 146 Å². The van der Waals surface area contributed by atoms with Crippen LogP contribution in [0.3, 0.4) is 0 Å². The number of hydrogen-bond donors (Lipinski definition) is 0. The minimum absolute atomic E-state index is 0.00836. The number of amides is 2. The van der Waals surface area contributed by atoms with Gasteiger partial charge >= 0.3 is 12.2 Å². The van der Waals surface area contributed by atoms with Gasteiger partial charge in [0, 0.05) is 12.1 Å². The molecule has 1 atom stereocenters. The van der Waals surface area contributed by atoms with Crippen molar-refractivity contribution in [2.24, 2.45) is 0 Å². The van der Waals surface area contributed by atoms with Gasteiger partial charge in [0.05, 0.1) is 11.0 Å². The first-order valence-electron chi connectivity index (χ1n) is 7.61. The zero-order valence-electron chi connectivity index (χ0n) is 13.3. The highest BCUT2D eigenvalue weighted by molar-refractivity contribution is 5.90. The molecule has 0 bridgehead atoms. The lowest BCUT2D eigenvalue weighted by Crippen LogP contribution is -2.41. The molecule has 9 heteroatoms. The maximum atomic E-state index is 13.0. The van der Waals surface area contributed by atoms with Crippen LogP contribution in [0, 0.1) is 15.9 Å². The number of ether oxygens (including phenoxy) is 2. The van der Waals surface area contributed by atoms with E-state index in [1.54, 1.807) is 12.1 Å². The Bertz CT molecular complexity index is 837. The van der Waals surface area contributed by atoms with E-state index in [4.69, 9.17) is 9.47 Å². The number of rotatable bonds is 4. The van der Waals surface area contributed by atoms with E-state index in [0.717, 1.165) is 10.5 Å². The fourth-order valence-corrected chi connectivity index (χ4v) is 2.51. The number of benzene rings is 2. The Kier molecular flexibility index (Phi) is 4.78. The molecule has 134 valence electrons. The standard InChI is InChI=1S/C17H13FN2O6/c18-12-3-1-11(2-4-12)9-14-10-25-16(21)19(14)17(22)26-15-7-5-13(6-8-15)20(23)24/h1-8,14H,9-10H2. The van der Waals surface area contributed by atoms with E-state index in [2.05, 4.69) is 0 Å². The van der Waals surface area contributed by atoms with Gasteiger partial charge in [0.1, 0.15) is 18.2 Å². The smallest absolute Gasteiger partial charge is 0.425 e. The van der Waals surface area contributed by atoms with E-state index in [1.807, 2.05) is 0 Å². The molecule has 0 aliphatic carbocycles. The molecule has 2 aromatic rings. The van der Waals surface area contributed by atoms with Crippen molar-refractivity contribution in [3.8, 4) is 5.75 Å². The second kappa shape index (κ2) is 7.18. The summed E-state index contributed by atoms with van der Waals surface area (Å²) in [6.45, 7) is -0.00836. The molecular weight excluding hydrogens is 347 g/mol. The van der Waals surface area contributed by atoms with Crippen molar-refractivity contribution in [3.63, 3.8) is 0 Å². The number of carbonyl (C=O) groups is 2. The van der Waals surface area contributed by atoms with Crippen LogP contribution in [-0.2, 0) is 11.2 Å². The van der Waals surface area contributed by atoms with E-state index in [0.29, 0.717) is 0 Å². The summed E-state index contributed by atoms with van der Waals surface area (Å²) in [5.41, 5.74) is 0.572. The Balaban J connectivity index is 1.70. The van der Waals surface area contributed by atoms with Crippen LogP contribution in [0.5, 0.6) is 5.75 Å². The van der Waals surface area contributed by atoms with E-state index in [-0.39, 0.29) is 30.3 Å². The minimum Gasteiger partial charge on any atom is -0.447 e. The van der Waals surface area contributed by atoms with Crippen LogP contribution in [0.1, 0.15) is 5.56 Å². The Hall–Kier alpha value is -3.49. The van der Waals surface area contributed by atoms with Crippen LogP contribution in [-0.4, -0.2) is 34.7 Å². The van der Waals surface area contributed by atoms with Crippen LogP contribution in [0.2, 0.25) is 0 Å². The Morgan fingerprint density at radius 1 is 1.23 bits per heavy atom. The fourth-order valence-electron chi connectivity index (χ4n) is 2.51. The number of halogens is 1. The third kappa shape index (κ3) is 3.77. The van der Waals surface area contributed by atoms with Gasteiger partial charge in [-0.2, -0.15) is 0 Å². The molecule has 2 aromatic carbocycles. The maximum absolute atomic E-state index is 13.0. The number of nitro benzene ring substituents is 1. The normalized spacial score (nSPS) is 16.3. The highest BCUT2D eigenvalue weighted by Gasteiger charge is 2.39. The lowest BCUT2D eigenvalue weighted by atomic mass is 10.1. The fraction of sp³-hybridized carbons (Fsp3) is 0.176. The molecule has 1 aliphatic heterocycles. The van der Waals surface area contributed by atoms with Gasteiger partial charge in [0.25, 0.3) is 5.69 Å². The zero-order chi connectivity index (χ0) is 18.7. The lowest BCUT2D eigenvalue weighted by Gasteiger charge is -2.19. The molecule has 0 radical (unpaired) electrons. The maximum Gasteiger partial charge on any atom is 0.425 e. The lowest BCUT2D eigenvalue weighted by molar-refractivity contribution is -0.384. The SMILES string of the molecule is O=C1OCC(Cc2ccc(F)cc2)N1C(=O)Oc1ccc([N+](=O)[O-])cc1. The summed E-state index contributed by atoms with van der Waals surface area (Å²) in [7, 11) is 0. The largest absolute Gasteiger partial charge is 0.447 e. The van der Waals surface area contributed by atoms with Crippen molar-refractivity contribution in [1.82, 2.24) is 4.90 Å². The second-order valence-corrected chi connectivity index (χ2v) is 5.55. The van der Waals surface area contributed by atoms with Gasteiger partial charge in [-0.05, 0) is 36.2 Å². The summed E-state index contributed by atoms with van der Waals surface area (Å²) < 4.78 is 23.0. The van der Waals surface area contributed by atoms with Crippen molar-refractivity contribution in [1.29, 1.82) is 0 Å². The molecule has 26 heavy (non-hydrogen) atoms.